The number of hydrogen-bond donors (Lipinski definition) is 0. The molecule has 0 radical (unpaired) electrons. The van der Waals surface area contributed by atoms with Crippen molar-refractivity contribution in [2.45, 2.75) is 19.8 Å². The van der Waals surface area contributed by atoms with Crippen molar-refractivity contribution < 1.29 is 0 Å². The van der Waals surface area contributed by atoms with Gasteiger partial charge in [0.05, 0.1) is 15.9 Å². The molecule has 2 aromatic heterocycles. The highest BCUT2D eigenvalue weighted by atomic mass is 32.1. The van der Waals surface area contributed by atoms with E-state index in [0.29, 0.717) is 5.92 Å². The summed E-state index contributed by atoms with van der Waals surface area (Å²) >= 11 is 1.67. The second-order valence-electron chi connectivity index (χ2n) is 3.05. The van der Waals surface area contributed by atoms with Gasteiger partial charge in [0.25, 0.3) is 0 Å². The second-order valence-corrected chi connectivity index (χ2v) is 3.94. The van der Waals surface area contributed by atoms with Gasteiger partial charge in [0.1, 0.15) is 5.52 Å². The summed E-state index contributed by atoms with van der Waals surface area (Å²) in [5.41, 5.74) is 4.05. The van der Waals surface area contributed by atoms with Gasteiger partial charge in [-0.2, -0.15) is 0 Å². The minimum absolute atomic E-state index is 0.454. The van der Waals surface area contributed by atoms with E-state index >= 15 is 0 Å². The van der Waals surface area contributed by atoms with Crippen molar-refractivity contribution >= 4 is 21.6 Å². The highest BCUT2D eigenvalue weighted by Gasteiger charge is 2.07. The van der Waals surface area contributed by atoms with Crippen LogP contribution in [0.5, 0.6) is 0 Å². The van der Waals surface area contributed by atoms with Crippen LogP contribution in [0.4, 0.5) is 0 Å². The van der Waals surface area contributed by atoms with E-state index in [2.05, 4.69) is 23.8 Å². The molecule has 0 bridgehead atoms. The average Bonchev–Trinajstić information content (AvgIpc) is 2.49. The third-order valence-electron chi connectivity index (χ3n) is 1.82. The number of thiazole rings is 1. The molecule has 0 unspecified atom stereocenters. The van der Waals surface area contributed by atoms with Gasteiger partial charge in [0.15, 0.2) is 0 Å². The molecule has 0 aliphatic carbocycles. The number of fused-ring (bicyclic) bond motifs is 1. The van der Waals surface area contributed by atoms with Gasteiger partial charge in [-0.1, -0.05) is 13.8 Å². The van der Waals surface area contributed by atoms with E-state index in [0.717, 1.165) is 11.2 Å². The average molecular weight is 178 g/mol. The van der Waals surface area contributed by atoms with E-state index in [1.807, 2.05) is 17.8 Å². The Morgan fingerprint density at radius 1 is 1.33 bits per heavy atom. The Morgan fingerprint density at radius 3 is 2.92 bits per heavy atom. The van der Waals surface area contributed by atoms with Gasteiger partial charge in [0.2, 0.25) is 0 Å². The Bertz CT molecular complexity index is 392. The van der Waals surface area contributed by atoms with Crippen LogP contribution in [0.3, 0.4) is 0 Å². The lowest BCUT2D eigenvalue weighted by Gasteiger charge is -2.03. The number of pyridine rings is 1. The molecule has 0 aromatic carbocycles. The monoisotopic (exact) mass is 178 g/mol. The SMILES string of the molecule is CC(C)c1nccc2scnc12. The first-order valence-corrected chi connectivity index (χ1v) is 4.85. The van der Waals surface area contributed by atoms with Crippen molar-refractivity contribution in [2.24, 2.45) is 0 Å². The lowest BCUT2D eigenvalue weighted by molar-refractivity contribution is 0.831. The van der Waals surface area contributed by atoms with Gasteiger partial charge in [0, 0.05) is 6.20 Å². The van der Waals surface area contributed by atoms with E-state index < -0.39 is 0 Å². The Kier molecular flexibility index (Phi) is 1.81. The molecule has 3 heteroatoms. The highest BCUT2D eigenvalue weighted by Crippen LogP contribution is 2.24. The highest BCUT2D eigenvalue weighted by molar-refractivity contribution is 7.16. The fraction of sp³-hybridized carbons (Fsp3) is 0.333. The van der Waals surface area contributed by atoms with Crippen molar-refractivity contribution in [1.29, 1.82) is 0 Å². The molecule has 0 saturated carbocycles. The molecule has 0 amide bonds. The molecule has 0 aliphatic rings. The van der Waals surface area contributed by atoms with Crippen molar-refractivity contribution in [3.05, 3.63) is 23.5 Å². The van der Waals surface area contributed by atoms with Crippen molar-refractivity contribution in [3.8, 4) is 0 Å². The lowest BCUT2D eigenvalue weighted by Crippen LogP contribution is -1.92. The largest absolute Gasteiger partial charge is 0.259 e. The molecule has 0 saturated heterocycles. The Balaban J connectivity index is 2.73. The van der Waals surface area contributed by atoms with E-state index in [9.17, 15) is 0 Å². The molecule has 2 aromatic rings. The van der Waals surface area contributed by atoms with Crippen LogP contribution >= 0.6 is 11.3 Å². The van der Waals surface area contributed by atoms with Crippen LogP contribution in [0.2, 0.25) is 0 Å². The molecule has 0 spiro atoms. The van der Waals surface area contributed by atoms with Gasteiger partial charge in [-0.15, -0.1) is 11.3 Å². The first-order chi connectivity index (χ1) is 5.79. The normalized spacial score (nSPS) is 11.2. The summed E-state index contributed by atoms with van der Waals surface area (Å²) in [7, 11) is 0. The predicted octanol–water partition coefficient (Wildman–Crippen LogP) is 2.81. The molecule has 2 heterocycles. The standard InChI is InChI=1S/C9H10N2S/c1-6(2)8-9-7(3-4-10-8)12-5-11-9/h3-6H,1-2H3. The van der Waals surface area contributed by atoms with Gasteiger partial charge in [-0.05, 0) is 12.0 Å². The Morgan fingerprint density at radius 2 is 2.17 bits per heavy atom. The fourth-order valence-corrected chi connectivity index (χ4v) is 1.91. The van der Waals surface area contributed by atoms with Crippen LogP contribution in [0.15, 0.2) is 17.8 Å². The maximum absolute atomic E-state index is 4.32. The molecule has 12 heavy (non-hydrogen) atoms. The third-order valence-corrected chi connectivity index (χ3v) is 2.62. The quantitative estimate of drug-likeness (QED) is 0.671. The van der Waals surface area contributed by atoms with Crippen LogP contribution < -0.4 is 0 Å². The van der Waals surface area contributed by atoms with Crippen molar-refractivity contribution in [1.82, 2.24) is 9.97 Å². The van der Waals surface area contributed by atoms with Gasteiger partial charge in [-0.25, -0.2) is 4.98 Å². The van der Waals surface area contributed by atoms with E-state index in [1.165, 1.54) is 4.70 Å². The van der Waals surface area contributed by atoms with E-state index in [1.54, 1.807) is 11.3 Å². The minimum atomic E-state index is 0.454. The topological polar surface area (TPSA) is 25.8 Å². The van der Waals surface area contributed by atoms with E-state index in [4.69, 9.17) is 0 Å². The molecule has 62 valence electrons. The summed E-state index contributed by atoms with van der Waals surface area (Å²) in [5.74, 6) is 0.454. The predicted molar refractivity (Wildman–Crippen MR) is 51.5 cm³/mol. The van der Waals surface area contributed by atoms with Gasteiger partial charge >= 0.3 is 0 Å². The fourth-order valence-electron chi connectivity index (χ4n) is 1.23. The molecular formula is C9H10N2S. The molecule has 0 aliphatic heterocycles. The van der Waals surface area contributed by atoms with Crippen molar-refractivity contribution in [2.75, 3.05) is 0 Å². The first-order valence-electron chi connectivity index (χ1n) is 3.97. The summed E-state index contributed by atoms with van der Waals surface area (Å²) in [6.45, 7) is 4.28. The molecule has 2 rings (SSSR count). The summed E-state index contributed by atoms with van der Waals surface area (Å²) in [6.07, 6.45) is 1.86. The summed E-state index contributed by atoms with van der Waals surface area (Å²) in [5, 5.41) is 0. The van der Waals surface area contributed by atoms with Crippen molar-refractivity contribution in [3.63, 3.8) is 0 Å². The maximum atomic E-state index is 4.32. The zero-order chi connectivity index (χ0) is 8.55. The molecule has 0 fully saturated rings. The number of hydrogen-bond acceptors (Lipinski definition) is 3. The van der Waals surface area contributed by atoms with Gasteiger partial charge in [-0.3, -0.25) is 4.98 Å². The van der Waals surface area contributed by atoms with Crippen LogP contribution in [0.1, 0.15) is 25.5 Å². The summed E-state index contributed by atoms with van der Waals surface area (Å²) in [6, 6.07) is 2.01. The Hall–Kier alpha value is -0.960. The number of aromatic nitrogens is 2. The molecule has 2 nitrogen and oxygen atoms in total. The number of rotatable bonds is 1. The Labute approximate surface area is 75.3 Å². The molecule has 0 N–H and O–H groups in total. The van der Waals surface area contributed by atoms with Crippen LogP contribution in [-0.4, -0.2) is 9.97 Å². The number of nitrogens with zero attached hydrogens (tertiary/aromatic N) is 2. The van der Waals surface area contributed by atoms with Crippen LogP contribution in [-0.2, 0) is 0 Å². The zero-order valence-corrected chi connectivity index (χ0v) is 7.93. The smallest absolute Gasteiger partial charge is 0.103 e. The maximum Gasteiger partial charge on any atom is 0.103 e. The minimum Gasteiger partial charge on any atom is -0.259 e. The first kappa shape index (κ1) is 7.68. The van der Waals surface area contributed by atoms with Crippen LogP contribution in [0.25, 0.3) is 10.2 Å². The second kappa shape index (κ2) is 2.83. The summed E-state index contributed by atoms with van der Waals surface area (Å²) in [4.78, 5) is 8.62. The molecular weight excluding hydrogens is 168 g/mol. The van der Waals surface area contributed by atoms with E-state index in [-0.39, 0.29) is 0 Å². The zero-order valence-electron chi connectivity index (χ0n) is 7.11. The van der Waals surface area contributed by atoms with Gasteiger partial charge < -0.3 is 0 Å². The summed E-state index contributed by atoms with van der Waals surface area (Å²) < 4.78 is 1.23. The lowest BCUT2D eigenvalue weighted by atomic mass is 10.1. The third kappa shape index (κ3) is 1.10. The molecule has 0 atom stereocenters. The van der Waals surface area contributed by atoms with Crippen LogP contribution in [0, 0.1) is 0 Å².